The Bertz CT molecular complexity index is 731. The second-order valence-corrected chi connectivity index (χ2v) is 11.8. The van der Waals surface area contributed by atoms with Crippen LogP contribution in [-0.4, -0.2) is 46.3 Å². The minimum Gasteiger partial charge on any atom is -0.481 e. The first-order chi connectivity index (χ1) is 17.3. The molecule has 0 amide bonds. The van der Waals surface area contributed by atoms with Gasteiger partial charge in [0.15, 0.2) is 0 Å². The van der Waals surface area contributed by atoms with E-state index in [-0.39, 0.29) is 49.8 Å². The highest BCUT2D eigenvalue weighted by atomic mass is 16.5. The molecule has 0 spiro atoms. The van der Waals surface area contributed by atoms with Gasteiger partial charge in [-0.15, -0.1) is 0 Å². The maximum Gasteiger partial charge on any atom is 0.306 e. The molecule has 0 saturated heterocycles. The maximum atomic E-state index is 11.8. The van der Waals surface area contributed by atoms with Gasteiger partial charge in [-0.1, -0.05) is 54.4 Å². The second-order valence-electron chi connectivity index (χ2n) is 11.8. The molecule has 2 rings (SSSR count). The van der Waals surface area contributed by atoms with Gasteiger partial charge >= 0.3 is 23.9 Å². The van der Waals surface area contributed by atoms with Crippen molar-refractivity contribution in [3.63, 3.8) is 0 Å². The highest BCUT2D eigenvalue weighted by Crippen LogP contribution is 2.36. The zero-order valence-electron chi connectivity index (χ0n) is 23.7. The van der Waals surface area contributed by atoms with Gasteiger partial charge in [-0.25, -0.2) is 0 Å². The predicted octanol–water partition coefficient (Wildman–Crippen LogP) is 6.10. The first-order valence-electron chi connectivity index (χ1n) is 14.1. The van der Waals surface area contributed by atoms with Crippen LogP contribution in [0.25, 0.3) is 0 Å². The van der Waals surface area contributed by atoms with E-state index in [2.05, 4.69) is 41.5 Å². The zero-order chi connectivity index (χ0) is 28.1. The van der Waals surface area contributed by atoms with Crippen molar-refractivity contribution in [2.75, 3.05) is 0 Å². The number of rotatable bonds is 11. The molecular formula is C29H50O8. The molecule has 0 bridgehead atoms. The number of carboxylic acids is 2. The number of hydrogen-bond acceptors (Lipinski definition) is 6. The third kappa shape index (κ3) is 13.3. The van der Waals surface area contributed by atoms with Gasteiger partial charge in [0.05, 0.1) is 12.8 Å². The molecule has 0 radical (unpaired) electrons. The summed E-state index contributed by atoms with van der Waals surface area (Å²) < 4.78 is 11.1. The molecule has 0 aromatic heterocycles. The van der Waals surface area contributed by atoms with E-state index in [0.717, 1.165) is 25.7 Å². The van der Waals surface area contributed by atoms with Gasteiger partial charge in [-0.05, 0) is 67.6 Å². The second kappa shape index (κ2) is 16.7. The molecule has 8 nitrogen and oxygen atoms in total. The van der Waals surface area contributed by atoms with E-state index in [9.17, 15) is 19.2 Å². The van der Waals surface area contributed by atoms with Gasteiger partial charge in [-0.2, -0.15) is 0 Å². The first-order valence-corrected chi connectivity index (χ1v) is 14.1. The average Bonchev–Trinajstić information content (AvgIpc) is 2.77. The Labute approximate surface area is 222 Å². The molecular weight excluding hydrogens is 476 g/mol. The number of carbonyl (C=O) groups excluding carboxylic acids is 2. The molecule has 214 valence electrons. The molecule has 0 aliphatic heterocycles. The van der Waals surface area contributed by atoms with E-state index >= 15 is 0 Å². The monoisotopic (exact) mass is 526 g/mol. The van der Waals surface area contributed by atoms with Crippen LogP contribution in [-0.2, 0) is 28.7 Å². The molecule has 0 heterocycles. The van der Waals surface area contributed by atoms with Crippen LogP contribution < -0.4 is 0 Å². The molecule has 0 aromatic rings. The van der Waals surface area contributed by atoms with Crippen molar-refractivity contribution in [2.24, 2.45) is 35.5 Å². The molecule has 8 heteroatoms. The summed E-state index contributed by atoms with van der Waals surface area (Å²) in [7, 11) is 0. The fourth-order valence-corrected chi connectivity index (χ4v) is 5.55. The molecule has 37 heavy (non-hydrogen) atoms. The molecule has 2 saturated carbocycles. The molecule has 2 fully saturated rings. The van der Waals surface area contributed by atoms with Crippen LogP contribution in [0.3, 0.4) is 0 Å². The fourth-order valence-electron chi connectivity index (χ4n) is 5.55. The van der Waals surface area contributed by atoms with Gasteiger partial charge in [0.1, 0.15) is 12.2 Å². The first kappa shape index (κ1) is 32.9. The lowest BCUT2D eigenvalue weighted by Crippen LogP contribution is -2.35. The number of esters is 2. The molecule has 6 atom stereocenters. The Balaban J connectivity index is 0.000000371. The van der Waals surface area contributed by atoms with Crippen LogP contribution >= 0.6 is 0 Å². The topological polar surface area (TPSA) is 127 Å². The highest BCUT2D eigenvalue weighted by Gasteiger charge is 2.34. The van der Waals surface area contributed by atoms with Crippen molar-refractivity contribution in [2.45, 2.75) is 124 Å². The number of hydrogen-bond donors (Lipinski definition) is 2. The fraction of sp³-hybridized carbons (Fsp3) is 0.862. The van der Waals surface area contributed by atoms with Crippen LogP contribution in [0, 0.1) is 35.5 Å². The van der Waals surface area contributed by atoms with Gasteiger partial charge in [-0.3, -0.25) is 19.2 Å². The van der Waals surface area contributed by atoms with Crippen LogP contribution in [0.1, 0.15) is 112 Å². The van der Waals surface area contributed by atoms with E-state index in [0.29, 0.717) is 41.9 Å². The highest BCUT2D eigenvalue weighted by molar-refractivity contribution is 5.76. The lowest BCUT2D eigenvalue weighted by molar-refractivity contribution is -0.158. The maximum absolute atomic E-state index is 11.8. The van der Waals surface area contributed by atoms with Crippen LogP contribution in [0.2, 0.25) is 0 Å². The summed E-state index contributed by atoms with van der Waals surface area (Å²) in [6.45, 7) is 13.0. The van der Waals surface area contributed by atoms with Gasteiger partial charge in [0.2, 0.25) is 0 Å². The van der Waals surface area contributed by atoms with Crippen LogP contribution in [0.15, 0.2) is 0 Å². The Morgan fingerprint density at radius 2 is 1.05 bits per heavy atom. The lowest BCUT2D eigenvalue weighted by atomic mass is 9.75. The van der Waals surface area contributed by atoms with Crippen molar-refractivity contribution in [3.8, 4) is 0 Å². The molecule has 0 aromatic carbocycles. The lowest BCUT2D eigenvalue weighted by Gasteiger charge is -2.36. The minimum absolute atomic E-state index is 0.0149. The molecule has 2 aliphatic rings. The number of ether oxygens (including phenoxy) is 2. The Hall–Kier alpha value is -2.12. The van der Waals surface area contributed by atoms with Gasteiger partial charge < -0.3 is 19.7 Å². The summed E-state index contributed by atoms with van der Waals surface area (Å²) in [5.41, 5.74) is 0. The van der Waals surface area contributed by atoms with E-state index < -0.39 is 11.9 Å². The smallest absolute Gasteiger partial charge is 0.306 e. The Morgan fingerprint density at radius 3 is 1.43 bits per heavy atom. The van der Waals surface area contributed by atoms with Crippen LogP contribution in [0.4, 0.5) is 0 Å². The summed E-state index contributed by atoms with van der Waals surface area (Å²) in [6, 6.07) is 0. The Kier molecular flexibility index (Phi) is 14.8. The molecule has 2 N–H and O–H groups in total. The number of aliphatic carboxylic acids is 2. The SMILES string of the molecule is CC1CCC(C(C)C)C(OC(=O)CCC(=O)O)C1.CC1CCC(C(C)C)C(OC(=O)CCCC(=O)O)C1. The van der Waals surface area contributed by atoms with E-state index in [1.807, 2.05) is 0 Å². The summed E-state index contributed by atoms with van der Waals surface area (Å²) in [6.07, 6.45) is 6.86. The van der Waals surface area contributed by atoms with Crippen molar-refractivity contribution in [1.82, 2.24) is 0 Å². The summed E-state index contributed by atoms with van der Waals surface area (Å²) >= 11 is 0. The number of carboxylic acid groups (broad SMARTS) is 2. The van der Waals surface area contributed by atoms with E-state index in [4.69, 9.17) is 19.7 Å². The normalized spacial score (nSPS) is 27.7. The molecule has 2 aliphatic carbocycles. The van der Waals surface area contributed by atoms with E-state index in [1.165, 1.54) is 12.8 Å². The zero-order valence-corrected chi connectivity index (χ0v) is 23.7. The predicted molar refractivity (Wildman–Crippen MR) is 141 cm³/mol. The van der Waals surface area contributed by atoms with Crippen LogP contribution in [0.5, 0.6) is 0 Å². The summed E-state index contributed by atoms with van der Waals surface area (Å²) in [5, 5.41) is 17.1. The van der Waals surface area contributed by atoms with E-state index in [1.54, 1.807) is 0 Å². The minimum atomic E-state index is -0.954. The van der Waals surface area contributed by atoms with Gasteiger partial charge in [0, 0.05) is 12.8 Å². The largest absolute Gasteiger partial charge is 0.481 e. The van der Waals surface area contributed by atoms with Crippen molar-refractivity contribution < 1.29 is 38.9 Å². The summed E-state index contributed by atoms with van der Waals surface area (Å²) in [5.74, 6) is 0.620. The van der Waals surface area contributed by atoms with Crippen molar-refractivity contribution in [3.05, 3.63) is 0 Å². The third-order valence-corrected chi connectivity index (χ3v) is 7.80. The summed E-state index contributed by atoms with van der Waals surface area (Å²) in [4.78, 5) is 44.2. The number of carbonyl (C=O) groups is 4. The van der Waals surface area contributed by atoms with Gasteiger partial charge in [0.25, 0.3) is 0 Å². The Morgan fingerprint density at radius 1 is 0.649 bits per heavy atom. The third-order valence-electron chi connectivity index (χ3n) is 7.80. The quantitative estimate of drug-likeness (QED) is 0.309. The average molecular weight is 527 g/mol. The van der Waals surface area contributed by atoms with Crippen molar-refractivity contribution >= 4 is 23.9 Å². The van der Waals surface area contributed by atoms with Crippen molar-refractivity contribution in [1.29, 1.82) is 0 Å². The molecule has 6 unspecified atom stereocenters. The standard InChI is InChI=1S/C15H26O4.C14H24O4/c1-10(2)12-8-7-11(3)9-13(12)19-15(18)6-4-5-14(16)17;1-9(2)11-5-4-10(3)8-12(11)18-14(17)7-6-13(15)16/h10-13H,4-9H2,1-3H3,(H,16,17);9-12H,4-8H2,1-3H3,(H,15,16).